The van der Waals surface area contributed by atoms with Crippen LogP contribution in [0.1, 0.15) is 20.8 Å². The summed E-state index contributed by atoms with van der Waals surface area (Å²) >= 11 is 0. The molecule has 140 valence electrons. The van der Waals surface area contributed by atoms with Gasteiger partial charge in [0, 0.05) is 42.1 Å². The van der Waals surface area contributed by atoms with Gasteiger partial charge < -0.3 is 28.4 Å². The van der Waals surface area contributed by atoms with Crippen LogP contribution >= 0.6 is 0 Å². The van der Waals surface area contributed by atoms with Gasteiger partial charge in [0.2, 0.25) is 0 Å². The molecule has 0 aromatic rings. The summed E-state index contributed by atoms with van der Waals surface area (Å²) in [5.74, 6) is -1.57. The molecule has 0 fully saturated rings. The average molecular weight is 350 g/mol. The molecule has 0 aromatic heterocycles. The summed E-state index contributed by atoms with van der Waals surface area (Å²) in [4.78, 5) is 33.5. The lowest BCUT2D eigenvalue weighted by Crippen LogP contribution is -2.52. The highest BCUT2D eigenvalue weighted by molar-refractivity contribution is 5.67. The number of ether oxygens (including phenoxy) is 6. The maximum atomic E-state index is 11.4. The number of carbonyl (C=O) groups is 3. The molecule has 0 spiro atoms. The Kier molecular flexibility index (Phi) is 10.9. The maximum Gasteiger partial charge on any atom is 0.303 e. The van der Waals surface area contributed by atoms with E-state index in [0.717, 1.165) is 0 Å². The second-order valence-corrected chi connectivity index (χ2v) is 4.93. The van der Waals surface area contributed by atoms with E-state index in [0.29, 0.717) is 0 Å². The first-order chi connectivity index (χ1) is 11.3. The Hall–Kier alpha value is -1.71. The normalized spacial score (nSPS) is 15.8. The summed E-state index contributed by atoms with van der Waals surface area (Å²) in [5.41, 5.74) is 0. The molecule has 0 radical (unpaired) electrons. The molecular formula is C15H26O9. The maximum absolute atomic E-state index is 11.4. The third-order valence-corrected chi connectivity index (χ3v) is 3.14. The molecule has 0 heterocycles. The van der Waals surface area contributed by atoms with Crippen molar-refractivity contribution in [3.05, 3.63) is 0 Å². The van der Waals surface area contributed by atoms with Crippen molar-refractivity contribution >= 4 is 17.9 Å². The Morgan fingerprint density at radius 3 is 1.38 bits per heavy atom. The number of hydrogen-bond acceptors (Lipinski definition) is 9. The van der Waals surface area contributed by atoms with E-state index < -0.39 is 42.3 Å². The smallest absolute Gasteiger partial charge is 0.303 e. The SMILES string of the molecule is CO[C@@H]([C@@H](OC(C)=O)[C@@H](COC(C)=O)OC)[C@H](COC(C)=O)OC. The van der Waals surface area contributed by atoms with Gasteiger partial charge in [0.1, 0.15) is 31.5 Å². The fourth-order valence-corrected chi connectivity index (χ4v) is 2.04. The van der Waals surface area contributed by atoms with Gasteiger partial charge in [0.25, 0.3) is 0 Å². The first-order valence-electron chi connectivity index (χ1n) is 7.29. The van der Waals surface area contributed by atoms with Crippen LogP contribution in [-0.4, -0.2) is 76.9 Å². The van der Waals surface area contributed by atoms with Gasteiger partial charge in [-0.3, -0.25) is 14.4 Å². The molecule has 9 nitrogen and oxygen atoms in total. The molecule has 0 aromatic carbocycles. The van der Waals surface area contributed by atoms with Crippen LogP contribution in [0.2, 0.25) is 0 Å². The Balaban J connectivity index is 5.32. The highest BCUT2D eigenvalue weighted by Crippen LogP contribution is 2.18. The van der Waals surface area contributed by atoms with Crippen LogP contribution in [0.5, 0.6) is 0 Å². The van der Waals surface area contributed by atoms with E-state index in [4.69, 9.17) is 28.4 Å². The standard InChI is InChI=1S/C15H26O9/c1-9(16)22-7-12(19-4)14(21-6)15(24-11(3)18)13(20-5)8-23-10(2)17/h12-15H,7-8H2,1-6H3/t12-,13+,14+,15-/m0/s1. The van der Waals surface area contributed by atoms with Crippen LogP contribution in [0, 0.1) is 0 Å². The van der Waals surface area contributed by atoms with E-state index in [-0.39, 0.29) is 13.2 Å². The van der Waals surface area contributed by atoms with E-state index in [1.54, 1.807) is 0 Å². The number of rotatable bonds is 11. The van der Waals surface area contributed by atoms with E-state index in [2.05, 4.69) is 0 Å². The number of carbonyl (C=O) groups excluding carboxylic acids is 3. The van der Waals surface area contributed by atoms with Gasteiger partial charge in [0.15, 0.2) is 6.10 Å². The minimum atomic E-state index is -0.947. The molecule has 0 saturated heterocycles. The van der Waals surface area contributed by atoms with E-state index in [1.165, 1.54) is 42.1 Å². The van der Waals surface area contributed by atoms with Crippen LogP contribution < -0.4 is 0 Å². The molecule has 0 unspecified atom stereocenters. The molecule has 0 rings (SSSR count). The van der Waals surface area contributed by atoms with Crippen molar-refractivity contribution in [3.63, 3.8) is 0 Å². The lowest BCUT2D eigenvalue weighted by Gasteiger charge is -2.34. The van der Waals surface area contributed by atoms with E-state index in [9.17, 15) is 14.4 Å². The van der Waals surface area contributed by atoms with Gasteiger partial charge in [-0.2, -0.15) is 0 Å². The lowest BCUT2D eigenvalue weighted by molar-refractivity contribution is -0.191. The predicted molar refractivity (Wildman–Crippen MR) is 81.2 cm³/mol. The lowest BCUT2D eigenvalue weighted by atomic mass is 10.0. The molecule has 24 heavy (non-hydrogen) atoms. The number of hydrogen-bond donors (Lipinski definition) is 0. The Morgan fingerprint density at radius 2 is 1.08 bits per heavy atom. The molecule has 9 heteroatoms. The Morgan fingerprint density at radius 1 is 0.667 bits per heavy atom. The van der Waals surface area contributed by atoms with Crippen molar-refractivity contribution in [2.75, 3.05) is 34.5 Å². The van der Waals surface area contributed by atoms with Crippen LogP contribution in [0.4, 0.5) is 0 Å². The van der Waals surface area contributed by atoms with Gasteiger partial charge in [-0.25, -0.2) is 0 Å². The fraction of sp³-hybridized carbons (Fsp3) is 0.800. The predicted octanol–water partition coefficient (Wildman–Crippen LogP) is 0.0893. The molecule has 0 saturated carbocycles. The first-order valence-corrected chi connectivity index (χ1v) is 7.29. The van der Waals surface area contributed by atoms with Gasteiger partial charge in [-0.1, -0.05) is 0 Å². The summed E-state index contributed by atoms with van der Waals surface area (Å²) in [5, 5.41) is 0. The molecule has 0 aliphatic rings. The quantitative estimate of drug-likeness (QED) is 0.378. The third kappa shape index (κ3) is 8.23. The van der Waals surface area contributed by atoms with Gasteiger partial charge in [-0.15, -0.1) is 0 Å². The molecular weight excluding hydrogens is 324 g/mol. The molecule has 0 aliphatic carbocycles. The third-order valence-electron chi connectivity index (χ3n) is 3.14. The molecule has 4 atom stereocenters. The zero-order valence-electron chi connectivity index (χ0n) is 14.9. The highest BCUT2D eigenvalue weighted by atomic mass is 16.6. The molecule has 0 N–H and O–H groups in total. The van der Waals surface area contributed by atoms with Crippen LogP contribution in [-0.2, 0) is 42.8 Å². The van der Waals surface area contributed by atoms with Crippen LogP contribution in [0.3, 0.4) is 0 Å². The van der Waals surface area contributed by atoms with Gasteiger partial charge in [-0.05, 0) is 0 Å². The molecule has 0 amide bonds. The topological polar surface area (TPSA) is 107 Å². The Labute approximate surface area is 141 Å². The molecule has 0 bridgehead atoms. The summed E-state index contributed by atoms with van der Waals surface area (Å²) in [6.07, 6.45) is -3.29. The zero-order valence-corrected chi connectivity index (χ0v) is 14.9. The van der Waals surface area contributed by atoms with Crippen molar-refractivity contribution < 1.29 is 42.8 Å². The zero-order chi connectivity index (χ0) is 18.7. The number of esters is 3. The van der Waals surface area contributed by atoms with Crippen molar-refractivity contribution in [3.8, 4) is 0 Å². The van der Waals surface area contributed by atoms with E-state index >= 15 is 0 Å². The number of methoxy groups -OCH3 is 3. The summed E-state index contributed by atoms with van der Waals surface area (Å²) < 4.78 is 31.1. The second-order valence-electron chi connectivity index (χ2n) is 4.93. The molecule has 0 aliphatic heterocycles. The van der Waals surface area contributed by atoms with Crippen LogP contribution in [0.25, 0.3) is 0 Å². The minimum absolute atomic E-state index is 0.105. The van der Waals surface area contributed by atoms with Crippen LogP contribution in [0.15, 0.2) is 0 Å². The summed E-state index contributed by atoms with van der Waals surface area (Å²) in [6, 6.07) is 0. The van der Waals surface area contributed by atoms with E-state index in [1.807, 2.05) is 0 Å². The fourth-order valence-electron chi connectivity index (χ4n) is 2.04. The minimum Gasteiger partial charge on any atom is -0.463 e. The van der Waals surface area contributed by atoms with Crippen molar-refractivity contribution in [2.45, 2.75) is 45.2 Å². The van der Waals surface area contributed by atoms with Gasteiger partial charge >= 0.3 is 17.9 Å². The van der Waals surface area contributed by atoms with Gasteiger partial charge in [0.05, 0.1) is 0 Å². The monoisotopic (exact) mass is 350 g/mol. The highest BCUT2D eigenvalue weighted by Gasteiger charge is 2.39. The Bertz CT molecular complexity index is 410. The van der Waals surface area contributed by atoms with Crippen molar-refractivity contribution in [1.82, 2.24) is 0 Å². The second kappa shape index (κ2) is 11.8. The largest absolute Gasteiger partial charge is 0.463 e. The first kappa shape index (κ1) is 22.3. The van der Waals surface area contributed by atoms with Crippen molar-refractivity contribution in [1.29, 1.82) is 0 Å². The summed E-state index contributed by atoms with van der Waals surface area (Å²) in [6.45, 7) is 3.49. The van der Waals surface area contributed by atoms with Crippen molar-refractivity contribution in [2.24, 2.45) is 0 Å². The summed E-state index contributed by atoms with van der Waals surface area (Å²) in [7, 11) is 4.17. The average Bonchev–Trinajstić information content (AvgIpc) is 2.50.